The lowest BCUT2D eigenvalue weighted by molar-refractivity contribution is -0.133. The quantitative estimate of drug-likeness (QED) is 0.255. The number of benzene rings is 1. The van der Waals surface area contributed by atoms with Gasteiger partial charge in [0.25, 0.3) is 0 Å². The predicted octanol–water partition coefficient (Wildman–Crippen LogP) is 7.10. The Morgan fingerprint density at radius 3 is 2.43 bits per heavy atom. The van der Waals surface area contributed by atoms with Gasteiger partial charge in [0.1, 0.15) is 5.75 Å². The zero-order valence-corrected chi connectivity index (χ0v) is 22.8. The maximum absolute atomic E-state index is 13.4. The van der Waals surface area contributed by atoms with Crippen molar-refractivity contribution in [2.45, 2.75) is 71.8 Å². The average Bonchev–Trinajstić information content (AvgIpc) is 2.88. The van der Waals surface area contributed by atoms with Gasteiger partial charge in [-0.05, 0) is 70.4 Å². The van der Waals surface area contributed by atoms with E-state index in [9.17, 15) is 9.59 Å². The van der Waals surface area contributed by atoms with Gasteiger partial charge in [-0.1, -0.05) is 55.5 Å². The zero-order valence-electron chi connectivity index (χ0n) is 21.2. The second-order valence-corrected chi connectivity index (χ2v) is 11.0. The lowest BCUT2D eigenvalue weighted by Crippen LogP contribution is -2.47. The highest BCUT2D eigenvalue weighted by atomic mass is 32.2. The highest BCUT2D eigenvalue weighted by Gasteiger charge is 2.28. The van der Waals surface area contributed by atoms with Gasteiger partial charge in [0, 0.05) is 16.8 Å². The smallest absolute Gasteiger partial charge is 0.322 e. The molecule has 1 aliphatic rings. The topological polar surface area (TPSA) is 78.9 Å². The number of rotatable bonds is 14. The number of hydrogen-bond donors (Lipinski definition) is 2. The Labute approximate surface area is 218 Å². The van der Waals surface area contributed by atoms with Gasteiger partial charge in [0.05, 0.1) is 17.4 Å². The van der Waals surface area contributed by atoms with Gasteiger partial charge in [-0.2, -0.15) is 0 Å². The molecule has 0 unspecified atom stereocenters. The monoisotopic (exact) mass is 520 g/mol. The van der Waals surface area contributed by atoms with E-state index in [2.05, 4.69) is 12.2 Å². The molecule has 35 heavy (non-hydrogen) atoms. The van der Waals surface area contributed by atoms with E-state index < -0.39 is 5.97 Å². The van der Waals surface area contributed by atoms with Crippen molar-refractivity contribution in [1.82, 2.24) is 10.2 Å². The van der Waals surface area contributed by atoms with Crippen molar-refractivity contribution in [2.24, 2.45) is 5.92 Å². The van der Waals surface area contributed by atoms with Crippen LogP contribution in [-0.4, -0.2) is 47.0 Å². The number of allylic oxidation sites excluding steroid dienone is 2. The Morgan fingerprint density at radius 1 is 1.11 bits per heavy atom. The van der Waals surface area contributed by atoms with E-state index in [1.54, 1.807) is 0 Å². The number of urea groups is 1. The molecule has 0 saturated heterocycles. The summed E-state index contributed by atoms with van der Waals surface area (Å²) in [5, 5.41) is 12.8. The fourth-order valence-corrected chi connectivity index (χ4v) is 5.86. The van der Waals surface area contributed by atoms with Gasteiger partial charge in [0.2, 0.25) is 0 Å². The number of nitrogens with one attached hydrogen (secondary N) is 1. The summed E-state index contributed by atoms with van der Waals surface area (Å²) in [7, 11) is 0. The Kier molecular flexibility index (Phi) is 13.8. The first kappa shape index (κ1) is 29.2. The SMILES string of the molecule is C/C=C(/NC(=O)N(CCCCOc1ccccc1)C1CCC(CC)CC1)S/C(=C\C)SCC(=O)O. The first-order valence-corrected chi connectivity index (χ1v) is 14.4. The molecule has 8 heteroatoms. The van der Waals surface area contributed by atoms with Crippen LogP contribution >= 0.6 is 23.5 Å². The third-order valence-corrected chi connectivity index (χ3v) is 8.69. The molecular weight excluding hydrogens is 480 g/mol. The molecular formula is C27H40N2O4S2. The molecule has 0 spiro atoms. The van der Waals surface area contributed by atoms with Crippen LogP contribution < -0.4 is 10.1 Å². The lowest BCUT2D eigenvalue weighted by Gasteiger charge is -2.37. The molecule has 0 atom stereocenters. The Hall–Kier alpha value is -2.06. The molecule has 2 N–H and O–H groups in total. The fraction of sp³-hybridized carbons (Fsp3) is 0.556. The summed E-state index contributed by atoms with van der Waals surface area (Å²) in [6, 6.07) is 9.98. The summed E-state index contributed by atoms with van der Waals surface area (Å²) >= 11 is 2.66. The number of para-hydroxylation sites is 1. The lowest BCUT2D eigenvalue weighted by atomic mass is 9.84. The first-order chi connectivity index (χ1) is 17.0. The highest BCUT2D eigenvalue weighted by molar-refractivity contribution is 8.24. The van der Waals surface area contributed by atoms with Crippen molar-refractivity contribution in [2.75, 3.05) is 18.9 Å². The summed E-state index contributed by atoms with van der Waals surface area (Å²) in [4.78, 5) is 26.3. The number of unbranched alkanes of at least 4 members (excludes halogenated alkanes) is 1. The minimum absolute atomic E-state index is 0.00450. The van der Waals surface area contributed by atoms with Gasteiger partial charge in [-0.25, -0.2) is 4.79 Å². The number of ether oxygens (including phenoxy) is 1. The molecule has 2 rings (SSSR count). The summed E-state index contributed by atoms with van der Waals surface area (Å²) in [5.74, 6) is 0.775. The third kappa shape index (κ3) is 11.0. The van der Waals surface area contributed by atoms with Crippen LogP contribution in [0.1, 0.15) is 65.7 Å². The highest BCUT2D eigenvalue weighted by Crippen LogP contribution is 2.34. The molecule has 1 aromatic carbocycles. The van der Waals surface area contributed by atoms with Crippen LogP contribution in [0.2, 0.25) is 0 Å². The molecule has 0 heterocycles. The predicted molar refractivity (Wildman–Crippen MR) is 148 cm³/mol. The van der Waals surface area contributed by atoms with E-state index >= 15 is 0 Å². The first-order valence-electron chi connectivity index (χ1n) is 12.6. The van der Waals surface area contributed by atoms with Crippen molar-refractivity contribution in [3.8, 4) is 5.75 Å². The van der Waals surface area contributed by atoms with Crippen molar-refractivity contribution in [3.05, 3.63) is 51.8 Å². The molecule has 1 aliphatic carbocycles. The molecule has 0 aromatic heterocycles. The van der Waals surface area contributed by atoms with Crippen LogP contribution in [0.3, 0.4) is 0 Å². The maximum Gasteiger partial charge on any atom is 0.322 e. The number of carboxylic acid groups (broad SMARTS) is 1. The number of amides is 2. The van der Waals surface area contributed by atoms with Crippen LogP contribution in [0.25, 0.3) is 0 Å². The number of hydrogen-bond acceptors (Lipinski definition) is 5. The van der Waals surface area contributed by atoms with Gasteiger partial charge < -0.3 is 20.1 Å². The minimum atomic E-state index is -0.855. The van der Waals surface area contributed by atoms with E-state index in [-0.39, 0.29) is 17.8 Å². The number of carbonyl (C=O) groups is 2. The summed E-state index contributed by atoms with van der Waals surface area (Å²) in [6.45, 7) is 7.33. The zero-order chi connectivity index (χ0) is 25.5. The van der Waals surface area contributed by atoms with Crippen LogP contribution in [0.4, 0.5) is 4.79 Å². The van der Waals surface area contributed by atoms with Crippen LogP contribution in [0.15, 0.2) is 51.8 Å². The number of nitrogens with zero attached hydrogens (tertiary/aromatic N) is 1. The second-order valence-electron chi connectivity index (χ2n) is 8.62. The average molecular weight is 521 g/mol. The van der Waals surface area contributed by atoms with Gasteiger partial charge in [0.15, 0.2) is 0 Å². The van der Waals surface area contributed by atoms with Crippen LogP contribution in [0, 0.1) is 5.92 Å². The van der Waals surface area contributed by atoms with Crippen molar-refractivity contribution >= 4 is 35.5 Å². The summed E-state index contributed by atoms with van der Waals surface area (Å²) in [6.07, 6.45) is 11.1. The standard InChI is InChI=1S/C27H40N2O4S2/c1-4-21-14-16-22(17-15-21)29(18-10-11-19-33-23-12-8-7-9-13-23)27(32)28-24(5-2)35-26(6-3)34-20-25(30)31/h5-9,12-13,21-22H,4,10-11,14-20H2,1-3H3,(H,28,32)(H,30,31)/b24-5-,26-6-. The third-order valence-electron chi connectivity index (χ3n) is 6.18. The van der Waals surface area contributed by atoms with E-state index in [4.69, 9.17) is 9.84 Å². The van der Waals surface area contributed by atoms with Crippen LogP contribution in [-0.2, 0) is 4.79 Å². The van der Waals surface area contributed by atoms with Gasteiger partial charge in [-0.15, -0.1) is 11.8 Å². The number of thioether (sulfide) groups is 2. The number of carbonyl (C=O) groups excluding carboxylic acids is 1. The molecule has 1 fully saturated rings. The molecule has 1 saturated carbocycles. The maximum atomic E-state index is 13.4. The molecule has 1 aromatic rings. The van der Waals surface area contributed by atoms with Crippen molar-refractivity contribution in [1.29, 1.82) is 0 Å². The Bertz CT molecular complexity index is 837. The molecule has 6 nitrogen and oxygen atoms in total. The van der Waals surface area contributed by atoms with Crippen LogP contribution in [0.5, 0.6) is 5.75 Å². The molecule has 0 radical (unpaired) electrons. The van der Waals surface area contributed by atoms with E-state index in [0.717, 1.165) is 46.6 Å². The van der Waals surface area contributed by atoms with Crippen molar-refractivity contribution in [3.63, 3.8) is 0 Å². The van der Waals surface area contributed by atoms with Gasteiger partial charge >= 0.3 is 12.0 Å². The minimum Gasteiger partial charge on any atom is -0.494 e. The number of aliphatic carboxylic acids is 1. The van der Waals surface area contributed by atoms with Crippen molar-refractivity contribution < 1.29 is 19.4 Å². The van der Waals surface area contributed by atoms with E-state index in [1.165, 1.54) is 42.8 Å². The number of carboxylic acids is 1. The fourth-order valence-electron chi connectivity index (χ4n) is 4.15. The van der Waals surface area contributed by atoms with E-state index in [0.29, 0.717) is 13.2 Å². The molecule has 2 amide bonds. The van der Waals surface area contributed by atoms with E-state index in [1.807, 2.05) is 61.2 Å². The molecule has 0 bridgehead atoms. The van der Waals surface area contributed by atoms with Gasteiger partial charge in [-0.3, -0.25) is 4.79 Å². The Balaban J connectivity index is 1.94. The largest absolute Gasteiger partial charge is 0.494 e. The molecule has 0 aliphatic heterocycles. The molecule has 194 valence electrons. The normalized spacial score (nSPS) is 18.7. The Morgan fingerprint density at radius 2 is 1.83 bits per heavy atom. The summed E-state index contributed by atoms with van der Waals surface area (Å²) < 4.78 is 6.67. The summed E-state index contributed by atoms with van der Waals surface area (Å²) in [5.41, 5.74) is 0. The second kappa shape index (κ2) is 16.6.